The van der Waals surface area contributed by atoms with Gasteiger partial charge in [-0.2, -0.15) is 0 Å². The minimum atomic E-state index is 0.264. The molecule has 70 valence electrons. The third-order valence-electron chi connectivity index (χ3n) is 2.08. The molecule has 0 spiro atoms. The topological polar surface area (TPSA) is 26.0 Å². The average Bonchev–Trinajstić information content (AvgIpc) is 2.16. The molecular formula is C12H17N. The lowest BCUT2D eigenvalue weighted by Crippen LogP contribution is -2.22. The summed E-state index contributed by atoms with van der Waals surface area (Å²) in [5.74, 6) is 0. The summed E-state index contributed by atoms with van der Waals surface area (Å²) in [5.41, 5.74) is 7.26. The van der Waals surface area contributed by atoms with Gasteiger partial charge in [0, 0.05) is 6.04 Å². The summed E-state index contributed by atoms with van der Waals surface area (Å²) in [5, 5.41) is 0. The zero-order chi connectivity index (χ0) is 9.52. The van der Waals surface area contributed by atoms with Crippen molar-refractivity contribution < 1.29 is 0 Å². The second-order valence-electron chi connectivity index (χ2n) is 3.32. The van der Waals surface area contributed by atoms with Gasteiger partial charge >= 0.3 is 0 Å². The quantitative estimate of drug-likeness (QED) is 0.684. The van der Waals surface area contributed by atoms with E-state index in [1.807, 2.05) is 12.1 Å². The Labute approximate surface area is 80.3 Å². The number of hydrogen-bond acceptors (Lipinski definition) is 1. The first-order chi connectivity index (χ1) is 6.33. The van der Waals surface area contributed by atoms with E-state index in [9.17, 15) is 0 Å². The molecule has 0 bridgehead atoms. The molecule has 1 aromatic rings. The smallest absolute Gasteiger partial charge is 0.00822 e. The van der Waals surface area contributed by atoms with Crippen molar-refractivity contribution in [3.05, 3.63) is 48.6 Å². The van der Waals surface area contributed by atoms with E-state index in [1.165, 1.54) is 5.56 Å². The van der Waals surface area contributed by atoms with Crippen LogP contribution in [-0.4, -0.2) is 6.04 Å². The van der Waals surface area contributed by atoms with Crippen molar-refractivity contribution in [1.82, 2.24) is 0 Å². The zero-order valence-electron chi connectivity index (χ0n) is 7.95. The van der Waals surface area contributed by atoms with Crippen molar-refractivity contribution in [2.45, 2.75) is 25.3 Å². The van der Waals surface area contributed by atoms with E-state index in [0.717, 1.165) is 19.3 Å². The molecule has 0 heterocycles. The van der Waals surface area contributed by atoms with Gasteiger partial charge < -0.3 is 5.73 Å². The van der Waals surface area contributed by atoms with Crippen LogP contribution in [0.2, 0.25) is 0 Å². The molecule has 2 N–H and O–H groups in total. The molecule has 0 unspecified atom stereocenters. The van der Waals surface area contributed by atoms with Crippen molar-refractivity contribution in [2.75, 3.05) is 0 Å². The lowest BCUT2D eigenvalue weighted by Gasteiger charge is -2.09. The summed E-state index contributed by atoms with van der Waals surface area (Å²) in [4.78, 5) is 0. The monoisotopic (exact) mass is 175 g/mol. The van der Waals surface area contributed by atoms with E-state index < -0.39 is 0 Å². The van der Waals surface area contributed by atoms with Gasteiger partial charge in [0.1, 0.15) is 0 Å². The predicted octanol–water partition coefficient (Wildman–Crippen LogP) is 2.52. The number of benzene rings is 1. The van der Waals surface area contributed by atoms with Crippen LogP contribution in [0.5, 0.6) is 0 Å². The first-order valence-electron chi connectivity index (χ1n) is 4.73. The van der Waals surface area contributed by atoms with Crippen LogP contribution in [0.4, 0.5) is 0 Å². The van der Waals surface area contributed by atoms with E-state index in [0.29, 0.717) is 0 Å². The van der Waals surface area contributed by atoms with Crippen LogP contribution in [0.1, 0.15) is 18.4 Å². The Bertz CT molecular complexity index is 241. The molecule has 1 nitrogen and oxygen atoms in total. The average molecular weight is 175 g/mol. The highest BCUT2D eigenvalue weighted by atomic mass is 14.6. The fraction of sp³-hybridized carbons (Fsp3) is 0.333. The number of allylic oxidation sites excluding steroid dienone is 1. The second-order valence-corrected chi connectivity index (χ2v) is 3.32. The predicted molar refractivity (Wildman–Crippen MR) is 57.6 cm³/mol. The molecule has 0 saturated carbocycles. The molecule has 0 saturated heterocycles. The van der Waals surface area contributed by atoms with Gasteiger partial charge in [-0.15, -0.1) is 6.58 Å². The Morgan fingerprint density at radius 2 is 2.00 bits per heavy atom. The highest BCUT2D eigenvalue weighted by molar-refractivity contribution is 5.15. The molecule has 1 heteroatoms. The van der Waals surface area contributed by atoms with E-state index >= 15 is 0 Å². The Kier molecular flexibility index (Phi) is 4.27. The maximum Gasteiger partial charge on any atom is 0.00822 e. The largest absolute Gasteiger partial charge is 0.327 e. The van der Waals surface area contributed by atoms with Crippen molar-refractivity contribution in [1.29, 1.82) is 0 Å². The van der Waals surface area contributed by atoms with Crippen molar-refractivity contribution in [3.8, 4) is 0 Å². The van der Waals surface area contributed by atoms with Gasteiger partial charge in [0.05, 0.1) is 0 Å². The van der Waals surface area contributed by atoms with Crippen LogP contribution < -0.4 is 5.73 Å². The summed E-state index contributed by atoms with van der Waals surface area (Å²) in [6.45, 7) is 3.68. The lowest BCUT2D eigenvalue weighted by atomic mass is 10.0. The SMILES string of the molecule is C=CCC[C@H](N)Cc1ccccc1. The number of rotatable bonds is 5. The molecule has 0 radical (unpaired) electrons. The Balaban J connectivity index is 2.36. The molecule has 0 aromatic heterocycles. The Morgan fingerprint density at radius 3 is 2.62 bits per heavy atom. The van der Waals surface area contributed by atoms with Gasteiger partial charge in [-0.25, -0.2) is 0 Å². The van der Waals surface area contributed by atoms with Gasteiger partial charge in [-0.3, -0.25) is 0 Å². The summed E-state index contributed by atoms with van der Waals surface area (Å²) in [7, 11) is 0. The highest BCUT2D eigenvalue weighted by Gasteiger charge is 2.01. The fourth-order valence-electron chi connectivity index (χ4n) is 1.35. The normalized spacial score (nSPS) is 12.4. The molecule has 0 aliphatic carbocycles. The molecule has 1 aromatic carbocycles. The van der Waals surface area contributed by atoms with E-state index in [-0.39, 0.29) is 6.04 Å². The number of nitrogens with two attached hydrogens (primary N) is 1. The molecule has 1 atom stereocenters. The van der Waals surface area contributed by atoms with Gasteiger partial charge in [0.2, 0.25) is 0 Å². The van der Waals surface area contributed by atoms with Crippen LogP contribution in [-0.2, 0) is 6.42 Å². The molecule has 1 rings (SSSR count). The van der Waals surface area contributed by atoms with E-state index in [1.54, 1.807) is 0 Å². The molecule has 13 heavy (non-hydrogen) atoms. The minimum absolute atomic E-state index is 0.264. The minimum Gasteiger partial charge on any atom is -0.327 e. The zero-order valence-corrected chi connectivity index (χ0v) is 7.95. The molecule has 0 aliphatic rings. The third-order valence-corrected chi connectivity index (χ3v) is 2.08. The summed E-state index contributed by atoms with van der Waals surface area (Å²) < 4.78 is 0. The van der Waals surface area contributed by atoms with Crippen LogP contribution in [0.25, 0.3) is 0 Å². The number of hydrogen-bond donors (Lipinski definition) is 1. The summed E-state index contributed by atoms with van der Waals surface area (Å²) in [6.07, 6.45) is 4.92. The summed E-state index contributed by atoms with van der Waals surface area (Å²) >= 11 is 0. The molecule has 0 fully saturated rings. The maximum absolute atomic E-state index is 5.94. The summed E-state index contributed by atoms with van der Waals surface area (Å²) in [6, 6.07) is 10.6. The first kappa shape index (κ1) is 10.0. The maximum atomic E-state index is 5.94. The van der Waals surface area contributed by atoms with Gasteiger partial charge in [0.25, 0.3) is 0 Å². The van der Waals surface area contributed by atoms with Crippen LogP contribution in [0, 0.1) is 0 Å². The highest BCUT2D eigenvalue weighted by Crippen LogP contribution is 2.05. The third kappa shape index (κ3) is 3.90. The van der Waals surface area contributed by atoms with Crippen molar-refractivity contribution >= 4 is 0 Å². The lowest BCUT2D eigenvalue weighted by molar-refractivity contribution is 0.618. The van der Waals surface area contributed by atoms with E-state index in [2.05, 4.69) is 30.8 Å². The van der Waals surface area contributed by atoms with Gasteiger partial charge in [-0.1, -0.05) is 36.4 Å². The second kappa shape index (κ2) is 5.55. The standard InChI is InChI=1S/C12H17N/c1-2-3-9-12(13)10-11-7-5-4-6-8-11/h2,4-8,12H,1,3,9-10,13H2/t12-/m0/s1. The molecule has 0 aliphatic heterocycles. The molecular weight excluding hydrogens is 158 g/mol. The van der Waals surface area contributed by atoms with Crippen LogP contribution in [0.3, 0.4) is 0 Å². The van der Waals surface area contributed by atoms with E-state index in [4.69, 9.17) is 5.73 Å². The Morgan fingerprint density at radius 1 is 1.31 bits per heavy atom. The van der Waals surface area contributed by atoms with Gasteiger partial charge in [0.15, 0.2) is 0 Å². The van der Waals surface area contributed by atoms with Crippen molar-refractivity contribution in [2.24, 2.45) is 5.73 Å². The van der Waals surface area contributed by atoms with Gasteiger partial charge in [-0.05, 0) is 24.8 Å². The fourth-order valence-corrected chi connectivity index (χ4v) is 1.35. The van der Waals surface area contributed by atoms with Crippen LogP contribution in [0.15, 0.2) is 43.0 Å². The van der Waals surface area contributed by atoms with Crippen LogP contribution >= 0.6 is 0 Å². The molecule has 0 amide bonds. The first-order valence-corrected chi connectivity index (χ1v) is 4.73. The van der Waals surface area contributed by atoms with Crippen molar-refractivity contribution in [3.63, 3.8) is 0 Å². The Hall–Kier alpha value is -1.08.